The number of rotatable bonds is 7. The van der Waals surface area contributed by atoms with Crippen molar-refractivity contribution in [1.29, 1.82) is 0 Å². The summed E-state index contributed by atoms with van der Waals surface area (Å²) in [5.41, 5.74) is 0.927. The van der Waals surface area contributed by atoms with E-state index in [1.54, 1.807) is 36.4 Å². The molecule has 0 spiro atoms. The lowest BCUT2D eigenvalue weighted by Gasteiger charge is -2.28. The lowest BCUT2D eigenvalue weighted by molar-refractivity contribution is -0.144. The minimum absolute atomic E-state index is 0.0437. The summed E-state index contributed by atoms with van der Waals surface area (Å²) < 4.78 is 39.7. The molecule has 2 aromatic rings. The number of esters is 1. The maximum absolute atomic E-state index is 12.4. The third-order valence-corrected chi connectivity index (χ3v) is 3.93. The van der Waals surface area contributed by atoms with Crippen molar-refractivity contribution in [1.82, 2.24) is 0 Å². The molecule has 0 bridgehead atoms. The maximum Gasteiger partial charge on any atom is 0.387 e. The number of carbonyl (C=O) groups excluding carboxylic acids is 2. The Bertz CT molecular complexity index is 827. The minimum atomic E-state index is -2.96. The molecule has 6 nitrogen and oxygen atoms in total. The summed E-state index contributed by atoms with van der Waals surface area (Å²) in [4.78, 5) is 25.6. The predicted molar refractivity (Wildman–Crippen MR) is 91.8 cm³/mol. The van der Waals surface area contributed by atoms with E-state index in [4.69, 9.17) is 9.47 Å². The van der Waals surface area contributed by atoms with E-state index in [1.165, 1.54) is 17.0 Å². The second-order valence-corrected chi connectivity index (χ2v) is 5.70. The molecule has 0 aliphatic carbocycles. The topological polar surface area (TPSA) is 65.1 Å². The van der Waals surface area contributed by atoms with Crippen molar-refractivity contribution in [2.45, 2.75) is 19.6 Å². The van der Waals surface area contributed by atoms with Crippen molar-refractivity contribution in [3.05, 3.63) is 54.1 Å². The fourth-order valence-electron chi connectivity index (χ4n) is 2.67. The molecule has 8 heteroatoms. The first-order chi connectivity index (χ1) is 13.0. The minimum Gasteiger partial charge on any atom is -0.482 e. The van der Waals surface area contributed by atoms with E-state index in [9.17, 15) is 18.4 Å². The largest absolute Gasteiger partial charge is 0.482 e. The second-order valence-electron chi connectivity index (χ2n) is 5.70. The van der Waals surface area contributed by atoms with Crippen molar-refractivity contribution >= 4 is 17.6 Å². The molecule has 27 heavy (non-hydrogen) atoms. The Morgan fingerprint density at radius 1 is 1.15 bits per heavy atom. The highest BCUT2D eigenvalue weighted by atomic mass is 19.3. The summed E-state index contributed by atoms with van der Waals surface area (Å²) in [6, 6.07) is 13.1. The predicted octanol–water partition coefficient (Wildman–Crippen LogP) is 3.15. The molecule has 0 aromatic heterocycles. The van der Waals surface area contributed by atoms with Crippen LogP contribution in [0.5, 0.6) is 11.5 Å². The number of benzene rings is 2. The first kappa shape index (κ1) is 18.6. The van der Waals surface area contributed by atoms with Crippen LogP contribution in [0.2, 0.25) is 0 Å². The van der Waals surface area contributed by atoms with Gasteiger partial charge >= 0.3 is 12.6 Å². The molecule has 142 valence electrons. The average Bonchev–Trinajstić information content (AvgIpc) is 2.66. The number of amides is 1. The lowest BCUT2D eigenvalue weighted by Crippen LogP contribution is -2.40. The lowest BCUT2D eigenvalue weighted by atomic mass is 10.2. The standard InChI is InChI=1S/C19H17F2NO5/c20-19(21)27-15-7-3-1-5-13(15)11-26-18(24)9-10-22-14-6-2-4-8-16(14)25-12-17(22)23/h1-8,19H,9-12H2. The van der Waals surface area contributed by atoms with Crippen molar-refractivity contribution in [3.63, 3.8) is 0 Å². The van der Waals surface area contributed by atoms with Crippen LogP contribution in [0.25, 0.3) is 0 Å². The molecule has 0 saturated carbocycles. The van der Waals surface area contributed by atoms with Crippen LogP contribution >= 0.6 is 0 Å². The molecule has 0 atom stereocenters. The van der Waals surface area contributed by atoms with Crippen molar-refractivity contribution in [2.24, 2.45) is 0 Å². The molecular formula is C19H17F2NO5. The summed E-state index contributed by atoms with van der Waals surface area (Å²) in [6.45, 7) is -3.12. The molecule has 1 heterocycles. The SMILES string of the molecule is O=C(CCN1C(=O)COc2ccccc21)OCc1ccccc1OC(F)F. The van der Waals surface area contributed by atoms with Gasteiger partial charge in [0.25, 0.3) is 5.91 Å². The molecule has 2 aromatic carbocycles. The quantitative estimate of drug-likeness (QED) is 0.694. The van der Waals surface area contributed by atoms with Crippen LogP contribution in [-0.2, 0) is 20.9 Å². The van der Waals surface area contributed by atoms with E-state index in [1.807, 2.05) is 0 Å². The van der Waals surface area contributed by atoms with Crippen LogP contribution in [0, 0.1) is 0 Å². The van der Waals surface area contributed by atoms with Gasteiger partial charge < -0.3 is 19.1 Å². The Kier molecular flexibility index (Phi) is 5.85. The zero-order valence-corrected chi connectivity index (χ0v) is 14.3. The molecule has 1 amide bonds. The number of hydrogen-bond acceptors (Lipinski definition) is 5. The van der Waals surface area contributed by atoms with Gasteiger partial charge in [0, 0.05) is 12.1 Å². The van der Waals surface area contributed by atoms with Gasteiger partial charge in [0.15, 0.2) is 6.61 Å². The fourth-order valence-corrected chi connectivity index (χ4v) is 2.67. The number of nitrogens with zero attached hydrogens (tertiary/aromatic N) is 1. The van der Waals surface area contributed by atoms with Crippen LogP contribution < -0.4 is 14.4 Å². The Balaban J connectivity index is 1.56. The average molecular weight is 377 g/mol. The zero-order chi connectivity index (χ0) is 19.2. The Hall–Kier alpha value is -3.16. The third kappa shape index (κ3) is 4.72. The summed E-state index contributed by atoms with van der Waals surface area (Å²) in [7, 11) is 0. The monoisotopic (exact) mass is 377 g/mol. The smallest absolute Gasteiger partial charge is 0.387 e. The molecular weight excluding hydrogens is 360 g/mol. The Morgan fingerprint density at radius 2 is 1.89 bits per heavy atom. The number of ether oxygens (including phenoxy) is 3. The Morgan fingerprint density at radius 3 is 2.70 bits per heavy atom. The number of alkyl halides is 2. The molecule has 0 fully saturated rings. The molecule has 0 N–H and O–H groups in total. The number of para-hydroxylation sites is 3. The van der Waals surface area contributed by atoms with Crippen LogP contribution in [0.3, 0.4) is 0 Å². The molecule has 1 aliphatic heterocycles. The number of anilines is 1. The van der Waals surface area contributed by atoms with Crippen LogP contribution in [0.4, 0.5) is 14.5 Å². The van der Waals surface area contributed by atoms with E-state index >= 15 is 0 Å². The summed E-state index contributed by atoms with van der Waals surface area (Å²) >= 11 is 0. The van der Waals surface area contributed by atoms with E-state index in [-0.39, 0.29) is 37.8 Å². The molecule has 0 saturated heterocycles. The number of hydrogen-bond donors (Lipinski definition) is 0. The fraction of sp³-hybridized carbons (Fsp3) is 0.263. The summed E-state index contributed by atoms with van der Waals surface area (Å²) in [5.74, 6) is -0.281. The summed E-state index contributed by atoms with van der Waals surface area (Å²) in [5, 5.41) is 0. The first-order valence-corrected chi connectivity index (χ1v) is 8.25. The van der Waals surface area contributed by atoms with E-state index in [2.05, 4.69) is 4.74 Å². The van der Waals surface area contributed by atoms with Crippen molar-refractivity contribution in [3.8, 4) is 11.5 Å². The number of carbonyl (C=O) groups is 2. The van der Waals surface area contributed by atoms with Gasteiger partial charge in [-0.1, -0.05) is 30.3 Å². The molecule has 0 radical (unpaired) electrons. The molecule has 1 aliphatic rings. The van der Waals surface area contributed by atoms with E-state index < -0.39 is 12.6 Å². The zero-order valence-electron chi connectivity index (χ0n) is 14.3. The normalized spacial score (nSPS) is 13.1. The van der Waals surface area contributed by atoms with Gasteiger partial charge in [-0.3, -0.25) is 9.59 Å². The van der Waals surface area contributed by atoms with Crippen molar-refractivity contribution in [2.75, 3.05) is 18.1 Å². The van der Waals surface area contributed by atoms with Crippen LogP contribution in [0.1, 0.15) is 12.0 Å². The number of fused-ring (bicyclic) bond motifs is 1. The van der Waals surface area contributed by atoms with E-state index in [0.717, 1.165) is 0 Å². The van der Waals surface area contributed by atoms with Crippen molar-refractivity contribution < 1.29 is 32.6 Å². The second kappa shape index (κ2) is 8.48. The molecule has 0 unspecified atom stereocenters. The highest BCUT2D eigenvalue weighted by molar-refractivity contribution is 5.98. The van der Waals surface area contributed by atoms with Crippen LogP contribution in [0.15, 0.2) is 48.5 Å². The van der Waals surface area contributed by atoms with Gasteiger partial charge in [-0.05, 0) is 18.2 Å². The number of halogens is 2. The summed E-state index contributed by atoms with van der Waals surface area (Å²) in [6.07, 6.45) is -0.0437. The third-order valence-electron chi connectivity index (χ3n) is 3.93. The highest BCUT2D eigenvalue weighted by Crippen LogP contribution is 2.31. The van der Waals surface area contributed by atoms with E-state index in [0.29, 0.717) is 17.0 Å². The van der Waals surface area contributed by atoms with Gasteiger partial charge in [-0.2, -0.15) is 8.78 Å². The van der Waals surface area contributed by atoms with Gasteiger partial charge in [0.2, 0.25) is 0 Å². The van der Waals surface area contributed by atoms with Crippen LogP contribution in [-0.4, -0.2) is 31.6 Å². The van der Waals surface area contributed by atoms with Gasteiger partial charge in [-0.25, -0.2) is 0 Å². The van der Waals surface area contributed by atoms with Gasteiger partial charge in [-0.15, -0.1) is 0 Å². The first-order valence-electron chi connectivity index (χ1n) is 8.25. The van der Waals surface area contributed by atoms with Gasteiger partial charge in [0.1, 0.15) is 18.1 Å². The molecule has 3 rings (SSSR count). The highest BCUT2D eigenvalue weighted by Gasteiger charge is 2.25. The maximum atomic E-state index is 12.4. The Labute approximate surface area is 154 Å². The van der Waals surface area contributed by atoms with Gasteiger partial charge in [0.05, 0.1) is 12.1 Å².